The molecule has 0 N–H and O–H groups in total. The van der Waals surface area contributed by atoms with Crippen LogP contribution >= 0.6 is 0 Å². The quantitative estimate of drug-likeness (QED) is 0.224. The summed E-state index contributed by atoms with van der Waals surface area (Å²) in [6, 6.07) is 10.2. The van der Waals surface area contributed by atoms with Gasteiger partial charge in [0.25, 0.3) is 0 Å². The van der Waals surface area contributed by atoms with E-state index in [4.69, 9.17) is 4.74 Å². The van der Waals surface area contributed by atoms with Crippen molar-refractivity contribution in [2.24, 2.45) is 0 Å². The van der Waals surface area contributed by atoms with Crippen LogP contribution < -0.4 is 0 Å². The summed E-state index contributed by atoms with van der Waals surface area (Å²) in [7, 11) is 0. The molecule has 1 amide bonds. The first kappa shape index (κ1) is 28.1. The summed E-state index contributed by atoms with van der Waals surface area (Å²) < 4.78 is 12.7. The summed E-state index contributed by atoms with van der Waals surface area (Å²) in [5.74, 6) is 0. The zero-order chi connectivity index (χ0) is 23.2. The van der Waals surface area contributed by atoms with Crippen LogP contribution in [0.5, 0.6) is 0 Å². The molecule has 0 atom stereocenters. The third-order valence-corrected chi connectivity index (χ3v) is 20.0. The van der Waals surface area contributed by atoms with Crippen LogP contribution in [-0.2, 0) is 11.3 Å². The predicted octanol–water partition coefficient (Wildman–Crippen LogP) is 8.37. The Morgan fingerprint density at radius 3 is 1.90 bits per heavy atom. The van der Waals surface area contributed by atoms with E-state index in [1.165, 1.54) is 51.8 Å². The molecule has 0 saturated carbocycles. The Kier molecular flexibility index (Phi) is 13.6. The van der Waals surface area contributed by atoms with Crippen LogP contribution in [0.2, 0.25) is 13.3 Å². The maximum atomic E-state index is 12.9. The molecule has 1 aromatic carbocycles. The molecule has 0 spiro atoms. The number of amides is 1. The van der Waals surface area contributed by atoms with Gasteiger partial charge < -0.3 is 0 Å². The van der Waals surface area contributed by atoms with E-state index in [1.807, 2.05) is 43.9 Å². The van der Waals surface area contributed by atoms with E-state index in [2.05, 4.69) is 43.1 Å². The van der Waals surface area contributed by atoms with Crippen LogP contribution in [0.1, 0.15) is 85.6 Å². The molecule has 0 bridgehead atoms. The van der Waals surface area contributed by atoms with Gasteiger partial charge in [-0.15, -0.1) is 0 Å². The van der Waals surface area contributed by atoms with E-state index in [0.717, 1.165) is 5.56 Å². The number of hydrogen-bond donors (Lipinski definition) is 0. The molecule has 0 unspecified atom stereocenters. The fourth-order valence-electron chi connectivity index (χ4n) is 3.98. The summed E-state index contributed by atoms with van der Waals surface area (Å²) in [4.78, 5) is 14.8. The summed E-state index contributed by atoms with van der Waals surface area (Å²) in [5.41, 5.74) is 0.654. The normalized spacial score (nSPS) is 12.3. The summed E-state index contributed by atoms with van der Waals surface area (Å²) >= 11 is -2.34. The number of carbonyl (C=O) groups excluding carboxylic acids is 1. The molecule has 3 nitrogen and oxygen atoms in total. The third kappa shape index (κ3) is 12.0. The number of carbonyl (C=O) groups is 1. The third-order valence-electron chi connectivity index (χ3n) is 5.75. The Balaban J connectivity index is 3.02. The topological polar surface area (TPSA) is 29.5 Å². The Hall–Kier alpha value is -0.971. The first-order chi connectivity index (χ1) is 14.7. The fourth-order valence-corrected chi connectivity index (χ4v) is 18.3. The van der Waals surface area contributed by atoms with Gasteiger partial charge in [-0.25, -0.2) is 0 Å². The number of rotatable bonds is 14. The van der Waals surface area contributed by atoms with Gasteiger partial charge in [-0.1, -0.05) is 0 Å². The van der Waals surface area contributed by atoms with Gasteiger partial charge >= 0.3 is 197 Å². The number of unbranched alkanes of at least 4 members (excludes halogenated alkanes) is 3. The van der Waals surface area contributed by atoms with Crippen LogP contribution in [0.15, 0.2) is 40.5 Å². The molecule has 0 saturated heterocycles. The van der Waals surface area contributed by atoms with Gasteiger partial charge in [0, 0.05) is 0 Å². The maximum absolute atomic E-state index is 12.9. The van der Waals surface area contributed by atoms with Crippen LogP contribution in [0, 0.1) is 0 Å². The van der Waals surface area contributed by atoms with Crippen molar-refractivity contribution in [2.45, 2.75) is 106 Å². The van der Waals surface area contributed by atoms with Crippen molar-refractivity contribution in [3.63, 3.8) is 0 Å². The molecule has 0 radical (unpaired) electrons. The van der Waals surface area contributed by atoms with Crippen molar-refractivity contribution in [3.8, 4) is 0 Å². The van der Waals surface area contributed by atoms with Crippen molar-refractivity contribution in [2.75, 3.05) is 6.54 Å². The summed E-state index contributed by atoms with van der Waals surface area (Å²) in [6.45, 7) is 13.9. The predicted molar refractivity (Wildman–Crippen MR) is 137 cm³/mol. The SMILES string of the molecule is CCC[CH2][Sn](/[CH]=C/CN(Cc1ccccc1)C(=O)OC(C)(C)C)([CH2]CCC)[CH2]CCC. The van der Waals surface area contributed by atoms with E-state index in [1.54, 1.807) is 0 Å². The van der Waals surface area contributed by atoms with Gasteiger partial charge in [-0.2, -0.15) is 0 Å². The second kappa shape index (κ2) is 15.0. The van der Waals surface area contributed by atoms with Gasteiger partial charge in [-0.05, 0) is 0 Å². The van der Waals surface area contributed by atoms with E-state index < -0.39 is 24.0 Å². The van der Waals surface area contributed by atoms with Gasteiger partial charge in [0.05, 0.1) is 0 Å². The minimum absolute atomic E-state index is 0.225. The van der Waals surface area contributed by atoms with Crippen molar-refractivity contribution >= 4 is 24.5 Å². The fraction of sp³-hybridized carbons (Fsp3) is 0.667. The number of benzene rings is 1. The molecular weight excluding hydrogens is 489 g/mol. The molecule has 0 fully saturated rings. The van der Waals surface area contributed by atoms with E-state index >= 15 is 0 Å². The minimum atomic E-state index is -2.34. The molecule has 1 rings (SSSR count). The average molecular weight is 536 g/mol. The van der Waals surface area contributed by atoms with Crippen LogP contribution in [0.4, 0.5) is 4.79 Å². The second-order valence-corrected chi connectivity index (χ2v) is 22.9. The Morgan fingerprint density at radius 2 is 1.45 bits per heavy atom. The first-order valence-electron chi connectivity index (χ1n) is 12.4. The summed E-state index contributed by atoms with van der Waals surface area (Å²) in [6.07, 6.45) is 10.0. The second-order valence-electron chi connectivity index (χ2n) is 9.92. The molecule has 0 aromatic heterocycles. The Bertz CT molecular complexity index is 615. The molecule has 0 aliphatic carbocycles. The Labute approximate surface area is 196 Å². The molecule has 0 aliphatic rings. The molecule has 176 valence electrons. The summed E-state index contributed by atoms with van der Waals surface area (Å²) in [5, 5.41) is 0. The van der Waals surface area contributed by atoms with Crippen molar-refractivity contribution in [1.82, 2.24) is 4.90 Å². The standard InChI is InChI=1S/C15H20NO2.3C4H9.Sn/c1-5-11-16(14(17)18-15(2,3)4)12-13-9-7-6-8-10-13;3*1-3-4-2;/h1,5-10H,11-12H2,2-4H3;3*1,3-4H2,2H3;. The van der Waals surface area contributed by atoms with Crippen molar-refractivity contribution in [3.05, 3.63) is 46.1 Å². The van der Waals surface area contributed by atoms with E-state index in [-0.39, 0.29) is 6.09 Å². The van der Waals surface area contributed by atoms with E-state index in [0.29, 0.717) is 13.1 Å². The Morgan fingerprint density at radius 1 is 0.935 bits per heavy atom. The van der Waals surface area contributed by atoms with Gasteiger partial charge in [0.1, 0.15) is 0 Å². The van der Waals surface area contributed by atoms with Crippen LogP contribution in [-0.4, -0.2) is 41.5 Å². The first-order valence-corrected chi connectivity index (χ1v) is 20.1. The number of ether oxygens (including phenoxy) is 1. The van der Waals surface area contributed by atoms with Gasteiger partial charge in [0.15, 0.2) is 0 Å². The molecular formula is C27H47NO2Sn. The number of nitrogens with zero attached hydrogens (tertiary/aromatic N) is 1. The van der Waals surface area contributed by atoms with Gasteiger partial charge in [-0.3, -0.25) is 0 Å². The zero-order valence-electron chi connectivity index (χ0n) is 21.1. The molecule has 31 heavy (non-hydrogen) atoms. The van der Waals surface area contributed by atoms with E-state index in [9.17, 15) is 4.79 Å². The molecule has 0 aliphatic heterocycles. The zero-order valence-corrected chi connectivity index (χ0v) is 23.9. The van der Waals surface area contributed by atoms with Crippen LogP contribution in [0.25, 0.3) is 0 Å². The van der Waals surface area contributed by atoms with Crippen molar-refractivity contribution in [1.29, 1.82) is 0 Å². The van der Waals surface area contributed by atoms with Crippen molar-refractivity contribution < 1.29 is 9.53 Å². The molecule has 0 heterocycles. The van der Waals surface area contributed by atoms with Crippen LogP contribution in [0.3, 0.4) is 0 Å². The molecule has 1 aromatic rings. The average Bonchev–Trinajstić information content (AvgIpc) is 2.73. The monoisotopic (exact) mass is 537 g/mol. The number of hydrogen-bond acceptors (Lipinski definition) is 2. The molecule has 4 heteroatoms. The van der Waals surface area contributed by atoms with Gasteiger partial charge in [0.2, 0.25) is 0 Å².